The fraction of sp³-hybridized carbons (Fsp3) is 0.458. The number of hydrogen-bond donors (Lipinski definition) is 2. The van der Waals surface area contributed by atoms with Gasteiger partial charge in [0.15, 0.2) is 0 Å². The largest absolute Gasteiger partial charge is 0.496 e. The molecule has 1 aliphatic rings. The molecular formula is C24H32FN3O4. The van der Waals surface area contributed by atoms with Crippen LogP contribution in [0.15, 0.2) is 36.4 Å². The summed E-state index contributed by atoms with van der Waals surface area (Å²) < 4.78 is 29.6. The van der Waals surface area contributed by atoms with E-state index in [0.29, 0.717) is 29.4 Å². The molecule has 1 aliphatic heterocycles. The summed E-state index contributed by atoms with van der Waals surface area (Å²) in [4.78, 5) is 15.2. The van der Waals surface area contributed by atoms with Crippen LogP contribution in [0.5, 0.6) is 11.5 Å². The first-order valence-electron chi connectivity index (χ1n) is 10.8. The molecule has 1 heterocycles. The number of nitrogens with two attached hydrogens (primary N) is 1. The fourth-order valence-electron chi connectivity index (χ4n) is 3.89. The molecule has 32 heavy (non-hydrogen) atoms. The molecule has 0 spiro atoms. The van der Waals surface area contributed by atoms with Crippen molar-refractivity contribution in [2.75, 3.05) is 46.2 Å². The van der Waals surface area contributed by atoms with Crippen LogP contribution in [0, 0.1) is 12.7 Å². The molecule has 3 N–H and O–H groups in total. The van der Waals surface area contributed by atoms with Crippen LogP contribution in [-0.2, 0) is 4.74 Å². The van der Waals surface area contributed by atoms with E-state index in [4.69, 9.17) is 19.9 Å². The van der Waals surface area contributed by atoms with Crippen LogP contribution < -0.4 is 20.5 Å². The first kappa shape index (κ1) is 23.8. The summed E-state index contributed by atoms with van der Waals surface area (Å²) in [6.07, 6.45) is 1.50. The highest BCUT2D eigenvalue weighted by molar-refractivity contribution is 5.98. The van der Waals surface area contributed by atoms with Crippen LogP contribution in [0.25, 0.3) is 0 Å². The lowest BCUT2D eigenvalue weighted by molar-refractivity contribution is 0.00527. The quantitative estimate of drug-likeness (QED) is 0.456. The number of carbonyl (C=O) groups excluding carboxylic acids is 1. The summed E-state index contributed by atoms with van der Waals surface area (Å²) in [5.74, 6) is 0.648. The normalized spacial score (nSPS) is 18.9. The Morgan fingerprint density at radius 3 is 2.69 bits per heavy atom. The Bertz CT molecular complexity index is 907. The maximum atomic E-state index is 13.0. The Balaban J connectivity index is 1.49. The van der Waals surface area contributed by atoms with E-state index in [1.165, 1.54) is 19.2 Å². The summed E-state index contributed by atoms with van der Waals surface area (Å²) in [7, 11) is 3.19. The lowest BCUT2D eigenvalue weighted by Gasteiger charge is -2.38. The van der Waals surface area contributed by atoms with Crippen molar-refractivity contribution in [3.63, 3.8) is 0 Å². The molecule has 0 unspecified atom stereocenters. The third-order valence-corrected chi connectivity index (χ3v) is 5.80. The molecule has 8 heteroatoms. The minimum atomic E-state index is -0.275. The van der Waals surface area contributed by atoms with Gasteiger partial charge in [0.1, 0.15) is 17.3 Å². The van der Waals surface area contributed by atoms with Crippen molar-refractivity contribution < 1.29 is 23.4 Å². The average Bonchev–Trinajstić information content (AvgIpc) is 2.80. The highest BCUT2D eigenvalue weighted by Gasteiger charge is 2.31. The topological polar surface area (TPSA) is 86.0 Å². The van der Waals surface area contributed by atoms with Crippen molar-refractivity contribution in [2.45, 2.75) is 31.9 Å². The molecule has 2 atom stereocenters. The third kappa shape index (κ3) is 6.11. The standard InChI is InChI=1S/C24H32FN3O4/c1-16-13-19(22(30-2)14-20(16)26)24(29)27-21-9-11-28(15-23(21)31-3)10-4-12-32-18-7-5-17(25)6-8-18/h5-8,13-14,21,23H,4,9-12,15,26H2,1-3H3,(H,27,29)/t21-,23+/m0/s1. The fourth-order valence-corrected chi connectivity index (χ4v) is 3.89. The first-order valence-corrected chi connectivity index (χ1v) is 10.8. The van der Waals surface area contributed by atoms with Crippen LogP contribution >= 0.6 is 0 Å². The number of likely N-dealkylation sites (tertiary alicyclic amines) is 1. The number of aryl methyl sites for hydroxylation is 1. The molecule has 0 aromatic heterocycles. The molecule has 0 bridgehead atoms. The van der Waals surface area contributed by atoms with Gasteiger partial charge in [-0.25, -0.2) is 4.39 Å². The van der Waals surface area contributed by atoms with E-state index in [0.717, 1.165) is 38.0 Å². The smallest absolute Gasteiger partial charge is 0.255 e. The van der Waals surface area contributed by atoms with Crippen molar-refractivity contribution in [3.8, 4) is 11.5 Å². The molecule has 3 rings (SSSR count). The maximum Gasteiger partial charge on any atom is 0.255 e. The minimum absolute atomic E-state index is 0.0956. The van der Waals surface area contributed by atoms with E-state index in [2.05, 4.69) is 10.2 Å². The Labute approximate surface area is 188 Å². The molecule has 2 aromatic rings. The van der Waals surface area contributed by atoms with Crippen LogP contribution in [0.4, 0.5) is 10.1 Å². The number of nitrogens with one attached hydrogen (secondary N) is 1. The number of piperidine rings is 1. The number of rotatable bonds is 9. The van der Waals surface area contributed by atoms with Crippen molar-refractivity contribution in [2.24, 2.45) is 0 Å². The monoisotopic (exact) mass is 445 g/mol. The van der Waals surface area contributed by atoms with E-state index in [-0.39, 0.29) is 23.9 Å². The molecule has 0 radical (unpaired) electrons. The summed E-state index contributed by atoms with van der Waals surface area (Å²) in [6.45, 7) is 4.83. The number of hydrogen-bond acceptors (Lipinski definition) is 6. The number of ether oxygens (including phenoxy) is 3. The number of benzene rings is 2. The number of anilines is 1. The Morgan fingerprint density at radius 1 is 1.25 bits per heavy atom. The zero-order chi connectivity index (χ0) is 23.1. The molecule has 2 aromatic carbocycles. The van der Waals surface area contributed by atoms with Gasteiger partial charge < -0.3 is 30.2 Å². The molecule has 1 fully saturated rings. The second-order valence-electron chi connectivity index (χ2n) is 8.01. The lowest BCUT2D eigenvalue weighted by Crippen LogP contribution is -2.55. The molecule has 1 saturated heterocycles. The molecule has 0 saturated carbocycles. The van der Waals surface area contributed by atoms with Gasteiger partial charge in [-0.1, -0.05) is 0 Å². The number of nitrogens with zero attached hydrogens (tertiary/aromatic N) is 1. The van der Waals surface area contributed by atoms with Crippen molar-refractivity contribution in [1.82, 2.24) is 10.2 Å². The van der Waals surface area contributed by atoms with E-state index in [1.807, 2.05) is 6.92 Å². The van der Waals surface area contributed by atoms with Gasteiger partial charge in [-0.05, 0) is 55.7 Å². The van der Waals surface area contributed by atoms with Crippen LogP contribution in [0.1, 0.15) is 28.8 Å². The first-order chi connectivity index (χ1) is 15.4. The van der Waals surface area contributed by atoms with Gasteiger partial charge >= 0.3 is 0 Å². The minimum Gasteiger partial charge on any atom is -0.496 e. The number of amides is 1. The molecule has 0 aliphatic carbocycles. The van der Waals surface area contributed by atoms with Crippen LogP contribution in [0.2, 0.25) is 0 Å². The van der Waals surface area contributed by atoms with E-state index in [9.17, 15) is 9.18 Å². The summed E-state index contributed by atoms with van der Waals surface area (Å²) in [6, 6.07) is 9.36. The van der Waals surface area contributed by atoms with Gasteiger partial charge in [-0.2, -0.15) is 0 Å². The Morgan fingerprint density at radius 2 is 2.00 bits per heavy atom. The second kappa shape index (κ2) is 11.2. The SMILES string of the molecule is COc1cc(N)c(C)cc1C(=O)N[C@H]1CCN(CCCOc2ccc(F)cc2)C[C@H]1OC. The third-order valence-electron chi connectivity index (χ3n) is 5.80. The number of carbonyl (C=O) groups is 1. The van der Waals surface area contributed by atoms with Crippen molar-refractivity contribution in [3.05, 3.63) is 53.3 Å². The highest BCUT2D eigenvalue weighted by Crippen LogP contribution is 2.25. The summed E-state index contributed by atoms with van der Waals surface area (Å²) in [5, 5.41) is 3.10. The summed E-state index contributed by atoms with van der Waals surface area (Å²) >= 11 is 0. The van der Waals surface area contributed by atoms with Crippen LogP contribution in [-0.4, -0.2) is 63.4 Å². The van der Waals surface area contributed by atoms with Gasteiger partial charge in [0.05, 0.1) is 31.4 Å². The number of nitrogen functional groups attached to an aromatic ring is 1. The Hall–Kier alpha value is -2.84. The molecular weight excluding hydrogens is 413 g/mol. The van der Waals surface area contributed by atoms with Gasteiger partial charge in [-0.3, -0.25) is 4.79 Å². The zero-order valence-corrected chi connectivity index (χ0v) is 18.9. The average molecular weight is 446 g/mol. The number of methoxy groups -OCH3 is 2. The highest BCUT2D eigenvalue weighted by atomic mass is 19.1. The zero-order valence-electron chi connectivity index (χ0n) is 18.9. The predicted molar refractivity (Wildman–Crippen MR) is 122 cm³/mol. The van der Waals surface area contributed by atoms with Gasteiger partial charge in [0.2, 0.25) is 0 Å². The summed E-state index contributed by atoms with van der Waals surface area (Å²) in [5.41, 5.74) is 7.82. The van der Waals surface area contributed by atoms with Crippen molar-refractivity contribution in [1.29, 1.82) is 0 Å². The van der Waals surface area contributed by atoms with Crippen LogP contribution in [0.3, 0.4) is 0 Å². The maximum absolute atomic E-state index is 13.0. The second-order valence-corrected chi connectivity index (χ2v) is 8.01. The molecule has 7 nitrogen and oxygen atoms in total. The van der Waals surface area contributed by atoms with Gasteiger partial charge in [0.25, 0.3) is 5.91 Å². The van der Waals surface area contributed by atoms with E-state index in [1.54, 1.807) is 31.4 Å². The number of halogens is 1. The molecule has 174 valence electrons. The van der Waals surface area contributed by atoms with E-state index < -0.39 is 0 Å². The molecule has 1 amide bonds. The van der Waals surface area contributed by atoms with Gasteiger partial charge in [0, 0.05) is 38.5 Å². The van der Waals surface area contributed by atoms with E-state index >= 15 is 0 Å². The predicted octanol–water partition coefficient (Wildman–Crippen LogP) is 3.01. The lowest BCUT2D eigenvalue weighted by atomic mass is 10.00. The Kier molecular flexibility index (Phi) is 8.30. The van der Waals surface area contributed by atoms with Crippen molar-refractivity contribution >= 4 is 11.6 Å². The van der Waals surface area contributed by atoms with Gasteiger partial charge in [-0.15, -0.1) is 0 Å².